The van der Waals surface area contributed by atoms with Crippen LogP contribution in [0, 0.1) is 0 Å². The van der Waals surface area contributed by atoms with Crippen LogP contribution in [-0.4, -0.2) is 17.1 Å². The SMILES string of the molecule is CC(C)(C)c1cc(CSCCC(F)(F)F)no1. The van der Waals surface area contributed by atoms with Gasteiger partial charge in [0.25, 0.3) is 0 Å². The molecule has 0 aromatic carbocycles. The molecular formula is C11H16F3NOS. The standard InChI is InChI=1S/C11H16F3NOS/c1-10(2,3)9-6-8(15-16-9)7-17-5-4-11(12,13)14/h6H,4-5,7H2,1-3H3. The molecule has 0 bridgehead atoms. The van der Waals surface area contributed by atoms with Crippen molar-refractivity contribution in [1.29, 1.82) is 0 Å². The quantitative estimate of drug-likeness (QED) is 0.766. The predicted octanol–water partition coefficient (Wildman–Crippen LogP) is 4.16. The Kier molecular flexibility index (Phi) is 4.52. The zero-order valence-corrected chi connectivity index (χ0v) is 10.9. The molecule has 0 atom stereocenters. The average molecular weight is 267 g/mol. The molecule has 0 N–H and O–H groups in total. The summed E-state index contributed by atoms with van der Waals surface area (Å²) in [7, 11) is 0. The largest absolute Gasteiger partial charge is 0.389 e. The molecule has 0 radical (unpaired) electrons. The van der Waals surface area contributed by atoms with E-state index >= 15 is 0 Å². The summed E-state index contributed by atoms with van der Waals surface area (Å²) >= 11 is 1.21. The van der Waals surface area contributed by atoms with Crippen LogP contribution in [0.1, 0.15) is 38.6 Å². The van der Waals surface area contributed by atoms with E-state index in [-0.39, 0.29) is 11.2 Å². The maximum Gasteiger partial charge on any atom is 0.389 e. The van der Waals surface area contributed by atoms with Crippen molar-refractivity contribution in [3.8, 4) is 0 Å². The van der Waals surface area contributed by atoms with Gasteiger partial charge in [-0.25, -0.2) is 0 Å². The number of aromatic nitrogens is 1. The minimum atomic E-state index is -4.08. The fourth-order valence-corrected chi connectivity index (χ4v) is 1.96. The van der Waals surface area contributed by atoms with Gasteiger partial charge in [0.1, 0.15) is 5.76 Å². The summed E-state index contributed by atoms with van der Waals surface area (Å²) in [4.78, 5) is 0. The molecule has 0 spiro atoms. The predicted molar refractivity (Wildman–Crippen MR) is 62.0 cm³/mol. The lowest BCUT2D eigenvalue weighted by atomic mass is 9.93. The lowest BCUT2D eigenvalue weighted by molar-refractivity contribution is -0.129. The van der Waals surface area contributed by atoms with Gasteiger partial charge >= 0.3 is 6.18 Å². The first-order valence-corrected chi connectivity index (χ1v) is 6.44. The van der Waals surface area contributed by atoms with Crippen LogP contribution < -0.4 is 0 Å². The molecule has 0 aliphatic rings. The van der Waals surface area contributed by atoms with Gasteiger partial charge in [-0.05, 0) is 0 Å². The van der Waals surface area contributed by atoms with Crippen LogP contribution in [0.5, 0.6) is 0 Å². The fraction of sp³-hybridized carbons (Fsp3) is 0.727. The molecule has 0 unspecified atom stereocenters. The Morgan fingerprint density at radius 1 is 1.29 bits per heavy atom. The highest BCUT2D eigenvalue weighted by atomic mass is 32.2. The van der Waals surface area contributed by atoms with E-state index in [4.69, 9.17) is 4.52 Å². The van der Waals surface area contributed by atoms with Crippen LogP contribution in [0.15, 0.2) is 10.6 Å². The average Bonchev–Trinajstić information content (AvgIpc) is 2.58. The highest BCUT2D eigenvalue weighted by molar-refractivity contribution is 7.98. The molecule has 1 heterocycles. The number of alkyl halides is 3. The number of hydrogen-bond donors (Lipinski definition) is 0. The van der Waals surface area contributed by atoms with Crippen molar-refractivity contribution in [2.24, 2.45) is 0 Å². The van der Waals surface area contributed by atoms with Crippen LogP contribution in [0.25, 0.3) is 0 Å². The zero-order valence-electron chi connectivity index (χ0n) is 10.1. The van der Waals surface area contributed by atoms with Crippen molar-refractivity contribution in [2.75, 3.05) is 5.75 Å². The van der Waals surface area contributed by atoms with E-state index in [0.717, 1.165) is 5.76 Å². The van der Waals surface area contributed by atoms with E-state index in [1.54, 1.807) is 6.07 Å². The van der Waals surface area contributed by atoms with Crippen LogP contribution in [0.4, 0.5) is 13.2 Å². The summed E-state index contributed by atoms with van der Waals surface area (Å²) in [5.41, 5.74) is 0.573. The Hall–Kier alpha value is -0.650. The molecule has 0 saturated heterocycles. The lowest BCUT2D eigenvalue weighted by Gasteiger charge is -2.12. The Labute approximate surface area is 103 Å². The third-order valence-corrected chi connectivity index (χ3v) is 3.07. The Balaban J connectivity index is 2.36. The van der Waals surface area contributed by atoms with Crippen molar-refractivity contribution in [3.05, 3.63) is 17.5 Å². The van der Waals surface area contributed by atoms with Gasteiger partial charge < -0.3 is 4.52 Å². The normalized spacial score (nSPS) is 13.1. The molecule has 2 nitrogen and oxygen atoms in total. The monoisotopic (exact) mass is 267 g/mol. The zero-order chi connectivity index (χ0) is 13.1. The van der Waals surface area contributed by atoms with Crippen LogP contribution >= 0.6 is 11.8 Å². The van der Waals surface area contributed by atoms with E-state index in [2.05, 4.69) is 5.16 Å². The van der Waals surface area contributed by atoms with Gasteiger partial charge in [-0.1, -0.05) is 25.9 Å². The van der Waals surface area contributed by atoms with E-state index < -0.39 is 12.6 Å². The minimum Gasteiger partial charge on any atom is -0.361 e. The summed E-state index contributed by atoms with van der Waals surface area (Å²) in [6.45, 7) is 5.98. The van der Waals surface area contributed by atoms with Crippen LogP contribution in [-0.2, 0) is 11.2 Å². The summed E-state index contributed by atoms with van der Waals surface area (Å²) < 4.78 is 40.8. The molecule has 1 aromatic rings. The maximum absolute atomic E-state index is 11.9. The molecule has 1 aromatic heterocycles. The number of hydrogen-bond acceptors (Lipinski definition) is 3. The molecule has 0 saturated carbocycles. The summed E-state index contributed by atoms with van der Waals surface area (Å²) in [6.07, 6.45) is -4.84. The van der Waals surface area contributed by atoms with Gasteiger partial charge in [0.2, 0.25) is 0 Å². The first-order chi connectivity index (χ1) is 7.68. The lowest BCUT2D eigenvalue weighted by Crippen LogP contribution is -2.09. The number of thioether (sulfide) groups is 1. The molecule has 17 heavy (non-hydrogen) atoms. The second-order valence-electron chi connectivity index (χ2n) is 4.85. The summed E-state index contributed by atoms with van der Waals surface area (Å²) in [6, 6.07) is 1.81. The minimum absolute atomic E-state index is 0.0568. The van der Waals surface area contributed by atoms with Crippen molar-refractivity contribution < 1.29 is 17.7 Å². The number of nitrogens with zero attached hydrogens (tertiary/aromatic N) is 1. The number of halogens is 3. The Morgan fingerprint density at radius 3 is 2.41 bits per heavy atom. The summed E-state index contributed by atoms with van der Waals surface area (Å²) in [5.74, 6) is 1.26. The number of rotatable bonds is 4. The molecule has 98 valence electrons. The second-order valence-corrected chi connectivity index (χ2v) is 5.96. The first kappa shape index (κ1) is 14.4. The molecule has 1 rings (SSSR count). The van der Waals surface area contributed by atoms with E-state index in [0.29, 0.717) is 11.4 Å². The van der Waals surface area contributed by atoms with Crippen molar-refractivity contribution >= 4 is 11.8 Å². The Morgan fingerprint density at radius 2 is 1.94 bits per heavy atom. The molecule has 0 fully saturated rings. The van der Waals surface area contributed by atoms with E-state index in [1.807, 2.05) is 20.8 Å². The van der Waals surface area contributed by atoms with Crippen molar-refractivity contribution in [1.82, 2.24) is 5.16 Å². The third-order valence-electron chi connectivity index (χ3n) is 2.08. The van der Waals surface area contributed by atoms with Crippen molar-refractivity contribution in [3.63, 3.8) is 0 Å². The van der Waals surface area contributed by atoms with E-state index in [1.165, 1.54) is 11.8 Å². The molecule has 0 aliphatic heterocycles. The molecule has 0 aliphatic carbocycles. The maximum atomic E-state index is 11.9. The topological polar surface area (TPSA) is 26.0 Å². The highest BCUT2D eigenvalue weighted by Crippen LogP contribution is 2.26. The Bertz CT molecular complexity index is 354. The van der Waals surface area contributed by atoms with Gasteiger partial charge in [0, 0.05) is 23.0 Å². The van der Waals surface area contributed by atoms with Crippen molar-refractivity contribution in [2.45, 2.75) is 44.5 Å². The fourth-order valence-electron chi connectivity index (χ4n) is 1.10. The van der Waals surface area contributed by atoms with Crippen LogP contribution in [0.2, 0.25) is 0 Å². The summed E-state index contributed by atoms with van der Waals surface area (Å²) in [5, 5.41) is 3.84. The molecular weight excluding hydrogens is 251 g/mol. The van der Waals surface area contributed by atoms with Gasteiger partial charge in [-0.2, -0.15) is 24.9 Å². The van der Waals surface area contributed by atoms with Crippen LogP contribution in [0.3, 0.4) is 0 Å². The smallest absolute Gasteiger partial charge is 0.361 e. The first-order valence-electron chi connectivity index (χ1n) is 5.29. The van der Waals surface area contributed by atoms with Gasteiger partial charge in [-0.3, -0.25) is 0 Å². The molecule has 6 heteroatoms. The van der Waals surface area contributed by atoms with Gasteiger partial charge in [0.15, 0.2) is 0 Å². The third kappa shape index (κ3) is 5.48. The highest BCUT2D eigenvalue weighted by Gasteiger charge is 2.26. The van der Waals surface area contributed by atoms with Gasteiger partial charge in [-0.15, -0.1) is 0 Å². The molecule has 0 amide bonds. The van der Waals surface area contributed by atoms with E-state index in [9.17, 15) is 13.2 Å². The van der Waals surface area contributed by atoms with Gasteiger partial charge in [0.05, 0.1) is 12.1 Å². The second kappa shape index (κ2) is 5.33.